The Bertz CT molecular complexity index is 697. The molecule has 108 valence electrons. The zero-order chi connectivity index (χ0) is 14.9. The van der Waals surface area contributed by atoms with E-state index >= 15 is 0 Å². The Labute approximate surface area is 126 Å². The van der Waals surface area contributed by atoms with E-state index < -0.39 is 5.54 Å². The Balaban J connectivity index is 2.10. The Kier molecular flexibility index (Phi) is 3.39. The standard InChI is InChI=1S/C15H15N3O2S/c1-20-11-5-2-4-10(8-11)15(9-12-6-3-7-21-12)13(19)17-14(16)18-15/h2-8H,9H2,1H3,(H3,16,17,18,19)/t15-/m1/s1. The van der Waals surface area contributed by atoms with Crippen LogP contribution < -0.4 is 15.8 Å². The molecule has 1 amide bonds. The Morgan fingerprint density at radius 3 is 2.86 bits per heavy atom. The van der Waals surface area contributed by atoms with Gasteiger partial charge in [-0.15, -0.1) is 11.3 Å². The highest BCUT2D eigenvalue weighted by atomic mass is 32.1. The van der Waals surface area contributed by atoms with Crippen LogP contribution in [0.25, 0.3) is 0 Å². The number of benzene rings is 1. The fraction of sp³-hybridized carbons (Fsp3) is 0.200. The highest BCUT2D eigenvalue weighted by molar-refractivity contribution is 7.09. The molecular weight excluding hydrogens is 286 g/mol. The van der Waals surface area contributed by atoms with E-state index in [1.165, 1.54) is 0 Å². The first-order valence-electron chi connectivity index (χ1n) is 6.48. The molecule has 0 unspecified atom stereocenters. The van der Waals surface area contributed by atoms with Crippen molar-refractivity contribution in [1.82, 2.24) is 5.32 Å². The second kappa shape index (κ2) is 5.21. The summed E-state index contributed by atoms with van der Waals surface area (Å²) in [5.74, 6) is 0.632. The van der Waals surface area contributed by atoms with Gasteiger partial charge < -0.3 is 10.5 Å². The monoisotopic (exact) mass is 301 g/mol. The number of amides is 1. The number of carbonyl (C=O) groups is 1. The van der Waals surface area contributed by atoms with Crippen LogP contribution in [0, 0.1) is 0 Å². The first kappa shape index (κ1) is 13.6. The number of aliphatic imine (C=N–C) groups is 1. The molecule has 6 heteroatoms. The van der Waals surface area contributed by atoms with Gasteiger partial charge in [0, 0.05) is 11.3 Å². The van der Waals surface area contributed by atoms with E-state index in [-0.39, 0.29) is 11.9 Å². The summed E-state index contributed by atoms with van der Waals surface area (Å²) in [6.07, 6.45) is 0.477. The van der Waals surface area contributed by atoms with Crippen molar-refractivity contribution in [3.63, 3.8) is 0 Å². The average Bonchev–Trinajstić information content (AvgIpc) is 3.08. The normalized spacial score (nSPS) is 21.0. The SMILES string of the molecule is COc1cccc([C@@]2(Cc3cccs3)N=C(N)NC2=O)c1. The summed E-state index contributed by atoms with van der Waals surface area (Å²) >= 11 is 1.59. The maximum absolute atomic E-state index is 12.5. The van der Waals surface area contributed by atoms with E-state index in [1.807, 2.05) is 41.8 Å². The number of guanidine groups is 1. The number of nitrogens with one attached hydrogen (secondary N) is 1. The molecule has 1 aromatic carbocycles. The predicted octanol–water partition coefficient (Wildman–Crippen LogP) is 1.64. The molecule has 1 aliphatic heterocycles. The molecule has 0 spiro atoms. The molecule has 1 aromatic heterocycles. The van der Waals surface area contributed by atoms with Gasteiger partial charge in [0.05, 0.1) is 7.11 Å². The fourth-order valence-corrected chi connectivity index (χ4v) is 3.25. The molecule has 0 saturated carbocycles. The van der Waals surface area contributed by atoms with E-state index in [4.69, 9.17) is 10.5 Å². The third kappa shape index (κ3) is 2.38. The average molecular weight is 301 g/mol. The number of nitrogens with two attached hydrogens (primary N) is 1. The van der Waals surface area contributed by atoms with Crippen LogP contribution in [0.4, 0.5) is 0 Å². The molecule has 3 rings (SSSR count). The lowest BCUT2D eigenvalue weighted by Crippen LogP contribution is -2.40. The molecule has 1 atom stereocenters. The third-order valence-corrected chi connectivity index (χ3v) is 4.36. The third-order valence-electron chi connectivity index (χ3n) is 3.49. The first-order valence-corrected chi connectivity index (χ1v) is 7.36. The summed E-state index contributed by atoms with van der Waals surface area (Å²) in [5, 5.41) is 4.59. The molecule has 0 aliphatic carbocycles. The predicted molar refractivity (Wildman–Crippen MR) is 82.5 cm³/mol. The second-order valence-electron chi connectivity index (χ2n) is 4.80. The molecular formula is C15H15N3O2S. The Morgan fingerprint density at radius 2 is 2.24 bits per heavy atom. The number of methoxy groups -OCH3 is 1. The number of carbonyl (C=O) groups excluding carboxylic acids is 1. The molecule has 1 aliphatic rings. The van der Waals surface area contributed by atoms with Crippen LogP contribution >= 0.6 is 11.3 Å². The molecule has 3 N–H and O–H groups in total. The molecule has 0 radical (unpaired) electrons. The van der Waals surface area contributed by atoms with Crippen LogP contribution in [-0.4, -0.2) is 19.0 Å². The van der Waals surface area contributed by atoms with Crippen molar-refractivity contribution in [3.05, 3.63) is 52.2 Å². The van der Waals surface area contributed by atoms with Gasteiger partial charge in [0.25, 0.3) is 5.91 Å². The Morgan fingerprint density at radius 1 is 1.38 bits per heavy atom. The van der Waals surface area contributed by atoms with Crippen LogP contribution in [0.5, 0.6) is 5.75 Å². The van der Waals surface area contributed by atoms with Gasteiger partial charge in [-0.1, -0.05) is 18.2 Å². The van der Waals surface area contributed by atoms with E-state index in [0.29, 0.717) is 12.2 Å². The maximum atomic E-state index is 12.5. The summed E-state index contributed by atoms with van der Waals surface area (Å²) < 4.78 is 5.25. The molecule has 0 bridgehead atoms. The molecule has 0 saturated heterocycles. The number of rotatable bonds is 4. The van der Waals surface area contributed by atoms with Crippen LogP contribution in [0.3, 0.4) is 0 Å². The summed E-state index contributed by atoms with van der Waals surface area (Å²) in [7, 11) is 1.59. The van der Waals surface area contributed by atoms with E-state index in [2.05, 4.69) is 10.3 Å². The number of nitrogens with zero attached hydrogens (tertiary/aromatic N) is 1. The summed E-state index contributed by atoms with van der Waals surface area (Å²) in [4.78, 5) is 18.0. The van der Waals surface area contributed by atoms with Gasteiger partial charge in [-0.25, -0.2) is 4.99 Å². The Hall–Kier alpha value is -2.34. The van der Waals surface area contributed by atoms with E-state index in [0.717, 1.165) is 10.4 Å². The van der Waals surface area contributed by atoms with Crippen molar-refractivity contribution in [2.45, 2.75) is 12.0 Å². The number of ether oxygens (including phenoxy) is 1. The van der Waals surface area contributed by atoms with Crippen molar-refractivity contribution in [1.29, 1.82) is 0 Å². The van der Waals surface area contributed by atoms with Crippen molar-refractivity contribution in [2.24, 2.45) is 10.7 Å². The molecule has 21 heavy (non-hydrogen) atoms. The molecule has 2 aromatic rings. The van der Waals surface area contributed by atoms with Gasteiger partial charge in [0.1, 0.15) is 5.75 Å². The van der Waals surface area contributed by atoms with Gasteiger partial charge >= 0.3 is 0 Å². The minimum absolute atomic E-state index is 0.152. The molecule has 0 fully saturated rings. The summed E-state index contributed by atoms with van der Waals surface area (Å²) in [5.41, 5.74) is 5.47. The summed E-state index contributed by atoms with van der Waals surface area (Å²) in [6.45, 7) is 0. The van der Waals surface area contributed by atoms with Crippen LogP contribution in [0.1, 0.15) is 10.4 Å². The van der Waals surface area contributed by atoms with Crippen LogP contribution in [0.15, 0.2) is 46.8 Å². The van der Waals surface area contributed by atoms with Crippen molar-refractivity contribution >= 4 is 23.2 Å². The number of hydrogen-bond acceptors (Lipinski definition) is 5. The summed E-state index contributed by atoms with van der Waals surface area (Å²) in [6, 6.07) is 11.3. The van der Waals surface area contributed by atoms with Crippen LogP contribution in [0.2, 0.25) is 0 Å². The topological polar surface area (TPSA) is 76.7 Å². The maximum Gasteiger partial charge on any atom is 0.259 e. The minimum Gasteiger partial charge on any atom is -0.497 e. The van der Waals surface area contributed by atoms with Gasteiger partial charge in [-0.2, -0.15) is 0 Å². The van der Waals surface area contributed by atoms with E-state index in [1.54, 1.807) is 18.4 Å². The fourth-order valence-electron chi connectivity index (χ4n) is 2.47. The molecule has 2 heterocycles. The quantitative estimate of drug-likeness (QED) is 0.901. The lowest BCUT2D eigenvalue weighted by atomic mass is 9.86. The van der Waals surface area contributed by atoms with Crippen molar-refractivity contribution < 1.29 is 9.53 Å². The first-order chi connectivity index (χ1) is 10.1. The van der Waals surface area contributed by atoms with Gasteiger partial charge in [-0.3, -0.25) is 10.1 Å². The lowest BCUT2D eigenvalue weighted by molar-refractivity contribution is -0.124. The van der Waals surface area contributed by atoms with Gasteiger partial charge in [0.15, 0.2) is 11.5 Å². The number of thiophene rings is 1. The highest BCUT2D eigenvalue weighted by Crippen LogP contribution is 2.35. The van der Waals surface area contributed by atoms with E-state index in [9.17, 15) is 4.79 Å². The lowest BCUT2D eigenvalue weighted by Gasteiger charge is -2.23. The van der Waals surface area contributed by atoms with Crippen molar-refractivity contribution in [3.8, 4) is 5.75 Å². The van der Waals surface area contributed by atoms with Crippen LogP contribution in [-0.2, 0) is 16.8 Å². The van der Waals surface area contributed by atoms with Gasteiger partial charge in [0.2, 0.25) is 0 Å². The highest BCUT2D eigenvalue weighted by Gasteiger charge is 2.45. The zero-order valence-electron chi connectivity index (χ0n) is 11.5. The van der Waals surface area contributed by atoms with Crippen molar-refractivity contribution in [2.75, 3.05) is 7.11 Å². The largest absolute Gasteiger partial charge is 0.497 e. The molecule has 5 nitrogen and oxygen atoms in total. The second-order valence-corrected chi connectivity index (χ2v) is 5.83. The number of hydrogen-bond donors (Lipinski definition) is 2. The smallest absolute Gasteiger partial charge is 0.259 e. The zero-order valence-corrected chi connectivity index (χ0v) is 12.3. The minimum atomic E-state index is -1.02. The van der Waals surface area contributed by atoms with Gasteiger partial charge in [-0.05, 0) is 29.1 Å².